The lowest BCUT2D eigenvalue weighted by Crippen LogP contribution is -2.24. The average molecular weight is 275 g/mol. The van der Waals surface area contributed by atoms with Gasteiger partial charge in [0.1, 0.15) is 0 Å². The molecular weight excluding hydrogens is 255 g/mol. The minimum atomic E-state index is -4.28. The Morgan fingerprint density at radius 3 is 2.21 bits per heavy atom. The van der Waals surface area contributed by atoms with Crippen molar-refractivity contribution in [1.82, 2.24) is 5.32 Å². The van der Waals surface area contributed by atoms with Gasteiger partial charge in [0.25, 0.3) is 0 Å². The van der Waals surface area contributed by atoms with Crippen LogP contribution in [0.5, 0.6) is 0 Å². The van der Waals surface area contributed by atoms with Crippen molar-refractivity contribution >= 4 is 0 Å². The Labute approximate surface area is 112 Å². The zero-order valence-corrected chi connectivity index (χ0v) is 11.4. The summed E-state index contributed by atoms with van der Waals surface area (Å²) in [6, 6.07) is 5.35. The van der Waals surface area contributed by atoms with Gasteiger partial charge in [-0.15, -0.1) is 0 Å². The van der Waals surface area contributed by atoms with Crippen molar-refractivity contribution in [3.05, 3.63) is 35.4 Å². The first-order valence-electron chi connectivity index (χ1n) is 6.23. The summed E-state index contributed by atoms with van der Waals surface area (Å²) in [6.45, 7) is 2.69. The molecule has 0 saturated carbocycles. The van der Waals surface area contributed by atoms with Gasteiger partial charge in [-0.1, -0.05) is 19.1 Å². The molecule has 0 radical (unpaired) electrons. The molecule has 1 aromatic rings. The van der Waals surface area contributed by atoms with Crippen molar-refractivity contribution in [2.24, 2.45) is 5.92 Å². The molecule has 1 aromatic carbocycles. The third kappa shape index (κ3) is 4.51. The van der Waals surface area contributed by atoms with Crippen molar-refractivity contribution < 1.29 is 17.9 Å². The quantitative estimate of drug-likeness (QED) is 0.856. The van der Waals surface area contributed by atoms with E-state index in [0.29, 0.717) is 6.61 Å². The number of hydrogen-bond donors (Lipinski definition) is 1. The van der Waals surface area contributed by atoms with Crippen LogP contribution in [0, 0.1) is 5.92 Å². The van der Waals surface area contributed by atoms with Gasteiger partial charge >= 0.3 is 6.18 Å². The molecule has 0 amide bonds. The Kier molecular flexibility index (Phi) is 5.82. The molecule has 0 aliphatic heterocycles. The van der Waals surface area contributed by atoms with E-state index in [1.165, 1.54) is 12.1 Å². The fourth-order valence-corrected chi connectivity index (χ4v) is 2.13. The molecule has 19 heavy (non-hydrogen) atoms. The van der Waals surface area contributed by atoms with Gasteiger partial charge in [-0.05, 0) is 37.1 Å². The van der Waals surface area contributed by atoms with Gasteiger partial charge in [0.15, 0.2) is 0 Å². The molecule has 0 aromatic heterocycles. The number of hydrogen-bond acceptors (Lipinski definition) is 2. The summed E-state index contributed by atoms with van der Waals surface area (Å²) in [5.41, 5.74) is 0.245. The number of rotatable bonds is 6. The molecule has 108 valence electrons. The monoisotopic (exact) mass is 275 g/mol. The lowest BCUT2D eigenvalue weighted by molar-refractivity contribution is -0.137. The number of alkyl halides is 3. The molecule has 1 N–H and O–H groups in total. The predicted molar refractivity (Wildman–Crippen MR) is 68.9 cm³/mol. The Bertz CT molecular complexity index is 375. The van der Waals surface area contributed by atoms with E-state index in [-0.39, 0.29) is 12.0 Å². The van der Waals surface area contributed by atoms with Crippen molar-refractivity contribution in [2.45, 2.75) is 25.6 Å². The number of methoxy groups -OCH3 is 1. The molecule has 2 nitrogen and oxygen atoms in total. The molecule has 0 bridgehead atoms. The summed E-state index contributed by atoms with van der Waals surface area (Å²) >= 11 is 0. The average Bonchev–Trinajstić information content (AvgIpc) is 2.37. The second kappa shape index (κ2) is 6.91. The van der Waals surface area contributed by atoms with Crippen LogP contribution in [0.25, 0.3) is 0 Å². The van der Waals surface area contributed by atoms with Crippen LogP contribution in [-0.2, 0) is 10.9 Å². The van der Waals surface area contributed by atoms with Crippen LogP contribution < -0.4 is 5.32 Å². The van der Waals surface area contributed by atoms with Gasteiger partial charge in [-0.2, -0.15) is 13.2 Å². The normalized spacial score (nSPS) is 15.3. The minimum absolute atomic E-state index is 0.0254. The standard InChI is InChI=1S/C14H20F3NO/c1-10(8-9-19-3)13(18-2)11-4-6-12(7-5-11)14(15,16)17/h4-7,10,13,18H,8-9H2,1-3H3. The molecule has 0 aliphatic carbocycles. The van der Waals surface area contributed by atoms with Crippen molar-refractivity contribution in [2.75, 3.05) is 20.8 Å². The van der Waals surface area contributed by atoms with E-state index in [1.54, 1.807) is 7.11 Å². The highest BCUT2D eigenvalue weighted by Gasteiger charge is 2.30. The van der Waals surface area contributed by atoms with Crippen molar-refractivity contribution in [3.63, 3.8) is 0 Å². The van der Waals surface area contributed by atoms with Crippen LogP contribution in [0.3, 0.4) is 0 Å². The maximum Gasteiger partial charge on any atom is 0.416 e. The molecule has 1 rings (SSSR count). The van der Waals surface area contributed by atoms with Gasteiger partial charge in [0, 0.05) is 19.8 Å². The largest absolute Gasteiger partial charge is 0.416 e. The van der Waals surface area contributed by atoms with E-state index in [1.807, 2.05) is 7.05 Å². The lowest BCUT2D eigenvalue weighted by Gasteiger charge is -2.24. The van der Waals surface area contributed by atoms with Crippen LogP contribution in [0.15, 0.2) is 24.3 Å². The van der Waals surface area contributed by atoms with E-state index in [9.17, 15) is 13.2 Å². The number of benzene rings is 1. The molecule has 0 fully saturated rings. The van der Waals surface area contributed by atoms with Crippen LogP contribution in [0.1, 0.15) is 30.5 Å². The molecule has 5 heteroatoms. The topological polar surface area (TPSA) is 21.3 Å². The molecule has 0 saturated heterocycles. The maximum atomic E-state index is 12.5. The summed E-state index contributed by atoms with van der Waals surface area (Å²) in [5.74, 6) is 0.279. The summed E-state index contributed by atoms with van der Waals surface area (Å²) in [4.78, 5) is 0. The molecular formula is C14H20F3NO. The van der Waals surface area contributed by atoms with Gasteiger partial charge < -0.3 is 10.1 Å². The zero-order chi connectivity index (χ0) is 14.5. The van der Waals surface area contributed by atoms with E-state index < -0.39 is 11.7 Å². The van der Waals surface area contributed by atoms with Gasteiger partial charge in [-0.25, -0.2) is 0 Å². The maximum absolute atomic E-state index is 12.5. The highest BCUT2D eigenvalue weighted by molar-refractivity contribution is 5.27. The first-order valence-corrected chi connectivity index (χ1v) is 6.23. The van der Waals surface area contributed by atoms with Gasteiger partial charge in [0.05, 0.1) is 5.56 Å². The number of halogens is 3. The third-order valence-corrected chi connectivity index (χ3v) is 3.25. The molecule has 0 heterocycles. The summed E-state index contributed by atoms with van der Waals surface area (Å²) < 4.78 is 42.5. The van der Waals surface area contributed by atoms with Crippen molar-refractivity contribution in [3.8, 4) is 0 Å². The van der Waals surface area contributed by atoms with Crippen molar-refractivity contribution in [1.29, 1.82) is 0 Å². The summed E-state index contributed by atoms with van der Waals surface area (Å²) in [7, 11) is 3.45. The van der Waals surface area contributed by atoms with Gasteiger partial charge in [-0.3, -0.25) is 0 Å². The summed E-state index contributed by atoms with van der Waals surface area (Å²) in [5, 5.41) is 3.15. The Morgan fingerprint density at radius 2 is 1.79 bits per heavy atom. The number of nitrogens with one attached hydrogen (secondary N) is 1. The van der Waals surface area contributed by atoms with Crippen LogP contribution in [0.4, 0.5) is 13.2 Å². The van der Waals surface area contributed by atoms with E-state index in [2.05, 4.69) is 12.2 Å². The first-order chi connectivity index (χ1) is 8.90. The lowest BCUT2D eigenvalue weighted by atomic mass is 9.91. The van der Waals surface area contributed by atoms with Crippen LogP contribution >= 0.6 is 0 Å². The molecule has 2 unspecified atom stereocenters. The third-order valence-electron chi connectivity index (χ3n) is 3.25. The zero-order valence-electron chi connectivity index (χ0n) is 11.4. The van der Waals surface area contributed by atoms with Crippen LogP contribution in [0.2, 0.25) is 0 Å². The van der Waals surface area contributed by atoms with E-state index in [0.717, 1.165) is 24.1 Å². The Balaban J connectivity index is 2.82. The fourth-order valence-electron chi connectivity index (χ4n) is 2.13. The fraction of sp³-hybridized carbons (Fsp3) is 0.571. The predicted octanol–water partition coefficient (Wildman–Crippen LogP) is 3.64. The SMILES string of the molecule is CNC(c1ccc(C(F)(F)F)cc1)C(C)CCOC. The molecule has 0 aliphatic rings. The highest BCUT2D eigenvalue weighted by atomic mass is 19.4. The summed E-state index contributed by atoms with van der Waals surface area (Å²) in [6.07, 6.45) is -3.43. The smallest absolute Gasteiger partial charge is 0.385 e. The van der Waals surface area contributed by atoms with Crippen LogP contribution in [-0.4, -0.2) is 20.8 Å². The Morgan fingerprint density at radius 1 is 1.21 bits per heavy atom. The highest BCUT2D eigenvalue weighted by Crippen LogP contribution is 2.31. The molecule has 2 atom stereocenters. The van der Waals surface area contributed by atoms with Gasteiger partial charge in [0.2, 0.25) is 0 Å². The molecule has 0 spiro atoms. The Hall–Kier alpha value is -1.07. The first kappa shape index (κ1) is 16.0. The number of ether oxygens (including phenoxy) is 1. The minimum Gasteiger partial charge on any atom is -0.385 e. The second-order valence-electron chi connectivity index (χ2n) is 4.64. The van der Waals surface area contributed by atoms with E-state index in [4.69, 9.17) is 4.74 Å². The van der Waals surface area contributed by atoms with E-state index >= 15 is 0 Å². The second-order valence-corrected chi connectivity index (χ2v) is 4.64.